The van der Waals surface area contributed by atoms with Gasteiger partial charge >= 0.3 is 0 Å². The Balaban J connectivity index is 1.73. The first-order chi connectivity index (χ1) is 10.4. The highest BCUT2D eigenvalue weighted by Gasteiger charge is 2.12. The molecular formula is C17H18N4. The quantitative estimate of drug-likeness (QED) is 0.754. The Morgan fingerprint density at radius 2 is 1.52 bits per heavy atom. The second kappa shape index (κ2) is 6.81. The van der Waals surface area contributed by atoms with Crippen molar-refractivity contribution in [1.29, 1.82) is 0 Å². The van der Waals surface area contributed by atoms with Crippen LogP contribution in [-0.4, -0.2) is 21.5 Å². The average molecular weight is 278 g/mol. The fourth-order valence-electron chi connectivity index (χ4n) is 2.39. The van der Waals surface area contributed by atoms with Crippen LogP contribution in [0.4, 0.5) is 0 Å². The van der Waals surface area contributed by atoms with Gasteiger partial charge in [0.25, 0.3) is 0 Å². The Bertz CT molecular complexity index is 596. The van der Waals surface area contributed by atoms with Crippen molar-refractivity contribution in [3.63, 3.8) is 0 Å². The number of hydrogen-bond acceptors (Lipinski definition) is 3. The first-order valence-electron chi connectivity index (χ1n) is 7.11. The molecule has 0 bridgehead atoms. The SMILES string of the molecule is c1ccc(C(NCCn2ccnn2)c2ccccc2)cc1. The van der Waals surface area contributed by atoms with E-state index in [2.05, 4.69) is 64.2 Å². The van der Waals surface area contributed by atoms with Gasteiger partial charge in [0.05, 0.1) is 18.8 Å². The molecule has 106 valence electrons. The predicted molar refractivity (Wildman–Crippen MR) is 82.8 cm³/mol. The summed E-state index contributed by atoms with van der Waals surface area (Å²) in [5, 5.41) is 11.4. The van der Waals surface area contributed by atoms with Gasteiger partial charge in [-0.3, -0.25) is 4.68 Å². The monoisotopic (exact) mass is 278 g/mol. The molecule has 0 saturated heterocycles. The number of nitrogens with zero attached hydrogens (tertiary/aromatic N) is 3. The molecule has 2 aromatic carbocycles. The van der Waals surface area contributed by atoms with E-state index < -0.39 is 0 Å². The summed E-state index contributed by atoms with van der Waals surface area (Å²) in [6, 6.07) is 21.2. The number of aromatic nitrogens is 3. The van der Waals surface area contributed by atoms with Crippen LogP contribution in [0.1, 0.15) is 17.2 Å². The highest BCUT2D eigenvalue weighted by atomic mass is 15.4. The van der Waals surface area contributed by atoms with Gasteiger partial charge in [-0.1, -0.05) is 65.9 Å². The van der Waals surface area contributed by atoms with Gasteiger partial charge in [-0.25, -0.2) is 0 Å². The highest BCUT2D eigenvalue weighted by molar-refractivity contribution is 5.31. The minimum absolute atomic E-state index is 0.191. The lowest BCUT2D eigenvalue weighted by atomic mass is 9.99. The summed E-state index contributed by atoms with van der Waals surface area (Å²) >= 11 is 0. The maximum absolute atomic E-state index is 3.99. The fourth-order valence-corrected chi connectivity index (χ4v) is 2.39. The molecule has 3 rings (SSSR count). The van der Waals surface area contributed by atoms with Crippen molar-refractivity contribution in [2.75, 3.05) is 6.54 Å². The van der Waals surface area contributed by atoms with E-state index in [4.69, 9.17) is 0 Å². The van der Waals surface area contributed by atoms with Crippen LogP contribution in [0.15, 0.2) is 73.1 Å². The van der Waals surface area contributed by atoms with Crippen LogP contribution in [0.3, 0.4) is 0 Å². The molecule has 1 aromatic heterocycles. The zero-order valence-corrected chi connectivity index (χ0v) is 11.8. The minimum Gasteiger partial charge on any atom is -0.304 e. The molecule has 0 spiro atoms. The largest absolute Gasteiger partial charge is 0.304 e. The Kier molecular flexibility index (Phi) is 4.39. The van der Waals surface area contributed by atoms with E-state index >= 15 is 0 Å². The Morgan fingerprint density at radius 1 is 0.905 bits per heavy atom. The Morgan fingerprint density at radius 3 is 2.05 bits per heavy atom. The van der Waals surface area contributed by atoms with E-state index in [9.17, 15) is 0 Å². The third-order valence-corrected chi connectivity index (χ3v) is 3.43. The van der Waals surface area contributed by atoms with Crippen molar-refractivity contribution in [2.24, 2.45) is 0 Å². The molecule has 0 amide bonds. The predicted octanol–water partition coefficient (Wildman–Crippen LogP) is 2.66. The molecule has 1 N–H and O–H groups in total. The first-order valence-corrected chi connectivity index (χ1v) is 7.11. The molecule has 0 aliphatic carbocycles. The van der Waals surface area contributed by atoms with Gasteiger partial charge in [0.1, 0.15) is 0 Å². The lowest BCUT2D eigenvalue weighted by molar-refractivity contribution is 0.512. The zero-order valence-electron chi connectivity index (χ0n) is 11.8. The van der Waals surface area contributed by atoms with Gasteiger partial charge in [-0.05, 0) is 11.1 Å². The van der Waals surface area contributed by atoms with Gasteiger partial charge in [0, 0.05) is 12.7 Å². The summed E-state index contributed by atoms with van der Waals surface area (Å²) in [4.78, 5) is 0. The fraction of sp³-hybridized carbons (Fsp3) is 0.176. The van der Waals surface area contributed by atoms with Crippen molar-refractivity contribution in [3.8, 4) is 0 Å². The van der Waals surface area contributed by atoms with Crippen molar-refractivity contribution in [1.82, 2.24) is 20.3 Å². The first kappa shape index (κ1) is 13.5. The number of hydrogen-bond donors (Lipinski definition) is 1. The van der Waals surface area contributed by atoms with Crippen LogP contribution in [0.2, 0.25) is 0 Å². The summed E-state index contributed by atoms with van der Waals surface area (Å²) in [7, 11) is 0. The van der Waals surface area contributed by atoms with Crippen LogP contribution in [0.25, 0.3) is 0 Å². The lowest BCUT2D eigenvalue weighted by Gasteiger charge is -2.19. The third kappa shape index (κ3) is 3.55. The molecule has 0 saturated carbocycles. The molecule has 0 fully saturated rings. The Labute approximate surface area is 124 Å². The molecule has 1 heterocycles. The van der Waals surface area contributed by atoms with Crippen molar-refractivity contribution >= 4 is 0 Å². The number of rotatable bonds is 6. The normalized spacial score (nSPS) is 10.9. The van der Waals surface area contributed by atoms with Gasteiger partial charge in [-0.2, -0.15) is 0 Å². The van der Waals surface area contributed by atoms with Crippen LogP contribution in [0, 0.1) is 0 Å². The minimum atomic E-state index is 0.191. The molecule has 0 atom stereocenters. The molecule has 0 aliphatic rings. The molecule has 0 aliphatic heterocycles. The highest BCUT2D eigenvalue weighted by Crippen LogP contribution is 2.21. The van der Waals surface area contributed by atoms with Gasteiger partial charge in [0.15, 0.2) is 0 Å². The van der Waals surface area contributed by atoms with Crippen molar-refractivity contribution in [2.45, 2.75) is 12.6 Å². The van der Waals surface area contributed by atoms with E-state index in [-0.39, 0.29) is 6.04 Å². The molecule has 21 heavy (non-hydrogen) atoms. The molecule has 4 heteroatoms. The van der Waals surface area contributed by atoms with E-state index in [1.54, 1.807) is 6.20 Å². The topological polar surface area (TPSA) is 42.7 Å². The molecule has 4 nitrogen and oxygen atoms in total. The molecular weight excluding hydrogens is 260 g/mol. The Hall–Kier alpha value is -2.46. The maximum Gasteiger partial charge on any atom is 0.0692 e. The van der Waals surface area contributed by atoms with E-state index in [1.165, 1.54) is 11.1 Å². The maximum atomic E-state index is 3.99. The van der Waals surface area contributed by atoms with E-state index in [1.807, 2.05) is 23.0 Å². The van der Waals surface area contributed by atoms with Crippen LogP contribution >= 0.6 is 0 Å². The van der Waals surface area contributed by atoms with Crippen LogP contribution in [-0.2, 0) is 6.54 Å². The number of benzene rings is 2. The summed E-state index contributed by atoms with van der Waals surface area (Å²) in [5.41, 5.74) is 2.53. The zero-order chi connectivity index (χ0) is 14.3. The second-order valence-electron chi connectivity index (χ2n) is 4.87. The standard InChI is InChI=1S/C17H18N4/c1-3-7-15(8-4-1)17(16-9-5-2-6-10-16)18-11-13-21-14-12-19-20-21/h1-10,12,14,17-18H,11,13H2. The molecule has 3 aromatic rings. The van der Waals surface area contributed by atoms with E-state index in [0.29, 0.717) is 0 Å². The average Bonchev–Trinajstić information content (AvgIpc) is 3.07. The summed E-state index contributed by atoms with van der Waals surface area (Å²) in [6.07, 6.45) is 3.58. The summed E-state index contributed by atoms with van der Waals surface area (Å²) < 4.78 is 1.83. The molecule has 0 radical (unpaired) electrons. The summed E-state index contributed by atoms with van der Waals surface area (Å²) in [6.45, 7) is 1.63. The number of nitrogens with one attached hydrogen (secondary N) is 1. The lowest BCUT2D eigenvalue weighted by Crippen LogP contribution is -2.26. The summed E-state index contributed by atoms with van der Waals surface area (Å²) in [5.74, 6) is 0. The smallest absolute Gasteiger partial charge is 0.0692 e. The third-order valence-electron chi connectivity index (χ3n) is 3.43. The van der Waals surface area contributed by atoms with Gasteiger partial charge in [0.2, 0.25) is 0 Å². The van der Waals surface area contributed by atoms with E-state index in [0.717, 1.165) is 13.1 Å². The van der Waals surface area contributed by atoms with Crippen LogP contribution in [0.5, 0.6) is 0 Å². The van der Waals surface area contributed by atoms with Gasteiger partial charge in [-0.15, -0.1) is 5.10 Å². The van der Waals surface area contributed by atoms with Crippen molar-refractivity contribution in [3.05, 3.63) is 84.2 Å². The molecule has 0 unspecified atom stereocenters. The van der Waals surface area contributed by atoms with Gasteiger partial charge < -0.3 is 5.32 Å². The van der Waals surface area contributed by atoms with Crippen molar-refractivity contribution < 1.29 is 0 Å². The van der Waals surface area contributed by atoms with Crippen LogP contribution < -0.4 is 5.32 Å². The second-order valence-corrected chi connectivity index (χ2v) is 4.87.